The molecule has 7 nitrogen and oxygen atoms in total. The fourth-order valence-corrected chi connectivity index (χ4v) is 2.17. The van der Waals surface area contributed by atoms with Crippen LogP contribution in [0.5, 0.6) is 0 Å². The second kappa shape index (κ2) is 5.10. The Morgan fingerprint density at radius 2 is 2.42 bits per heavy atom. The van der Waals surface area contributed by atoms with Crippen LogP contribution in [0.3, 0.4) is 0 Å². The largest absolute Gasteiger partial charge is 0.378 e. The van der Waals surface area contributed by atoms with Gasteiger partial charge in [0.1, 0.15) is 5.69 Å². The highest BCUT2D eigenvalue weighted by Crippen LogP contribution is 2.21. The molecule has 0 radical (unpaired) electrons. The summed E-state index contributed by atoms with van der Waals surface area (Å²) in [7, 11) is 0. The molecule has 1 aliphatic heterocycles. The van der Waals surface area contributed by atoms with Crippen molar-refractivity contribution in [2.24, 2.45) is 0 Å². The zero-order chi connectivity index (χ0) is 13.2. The normalized spacial score (nSPS) is 19.8. The third-order valence-electron chi connectivity index (χ3n) is 3.10. The maximum absolute atomic E-state index is 5.40. The zero-order valence-corrected chi connectivity index (χ0v) is 11.1. The average molecular weight is 263 g/mol. The Kier molecular flexibility index (Phi) is 3.31. The van der Waals surface area contributed by atoms with Gasteiger partial charge < -0.3 is 14.6 Å². The van der Waals surface area contributed by atoms with Gasteiger partial charge in [0.05, 0.1) is 24.9 Å². The van der Waals surface area contributed by atoms with Crippen LogP contribution in [0.4, 0.5) is 0 Å². The number of morpholine rings is 1. The van der Waals surface area contributed by atoms with Crippen LogP contribution < -0.4 is 5.32 Å². The number of hydrogen-bond acceptors (Lipinski definition) is 6. The quantitative estimate of drug-likeness (QED) is 0.887. The molecule has 2 aromatic heterocycles. The lowest BCUT2D eigenvalue weighted by atomic mass is 10.2. The summed E-state index contributed by atoms with van der Waals surface area (Å²) >= 11 is 0. The molecule has 7 heteroatoms. The summed E-state index contributed by atoms with van der Waals surface area (Å²) in [4.78, 5) is 4.44. The standard InChI is InChI=1S/C12H17N5O2/c1-3-17-10(6-8(2)15-17)12-14-11(16-19-12)9-7-18-5-4-13-9/h6,9,13H,3-5,7H2,1-2H3. The van der Waals surface area contributed by atoms with Crippen LogP contribution in [-0.4, -0.2) is 39.7 Å². The van der Waals surface area contributed by atoms with Gasteiger partial charge in [0.15, 0.2) is 5.82 Å². The Balaban J connectivity index is 1.87. The van der Waals surface area contributed by atoms with Gasteiger partial charge in [0, 0.05) is 13.1 Å². The number of aryl methyl sites for hydroxylation is 2. The molecule has 0 saturated carbocycles. The molecule has 1 saturated heterocycles. The molecule has 0 aromatic carbocycles. The summed E-state index contributed by atoms with van der Waals surface area (Å²) < 4.78 is 12.6. The van der Waals surface area contributed by atoms with Gasteiger partial charge in [0.25, 0.3) is 5.89 Å². The molecule has 0 amide bonds. The first-order chi connectivity index (χ1) is 9.28. The molecule has 1 unspecified atom stereocenters. The van der Waals surface area contributed by atoms with Crippen LogP contribution in [0.1, 0.15) is 24.5 Å². The van der Waals surface area contributed by atoms with E-state index in [9.17, 15) is 0 Å². The van der Waals surface area contributed by atoms with E-state index in [0.29, 0.717) is 18.3 Å². The van der Waals surface area contributed by atoms with Crippen molar-refractivity contribution in [1.29, 1.82) is 0 Å². The van der Waals surface area contributed by atoms with Crippen LogP contribution in [0, 0.1) is 6.92 Å². The molecule has 1 fully saturated rings. The summed E-state index contributed by atoms with van der Waals surface area (Å²) in [5, 5.41) is 11.7. The van der Waals surface area contributed by atoms with E-state index in [-0.39, 0.29) is 6.04 Å². The fourth-order valence-electron chi connectivity index (χ4n) is 2.17. The predicted octanol–water partition coefficient (Wildman–Crippen LogP) is 0.922. The van der Waals surface area contributed by atoms with Crippen LogP contribution in [0.15, 0.2) is 10.6 Å². The van der Waals surface area contributed by atoms with Crippen molar-refractivity contribution in [3.8, 4) is 11.6 Å². The SMILES string of the molecule is CCn1nc(C)cc1-c1nc(C2COCCN2)no1. The molecule has 0 spiro atoms. The molecular weight excluding hydrogens is 246 g/mol. The Morgan fingerprint density at radius 1 is 1.53 bits per heavy atom. The monoisotopic (exact) mass is 263 g/mol. The lowest BCUT2D eigenvalue weighted by Crippen LogP contribution is -2.35. The van der Waals surface area contributed by atoms with Crippen LogP contribution in [0.25, 0.3) is 11.6 Å². The zero-order valence-electron chi connectivity index (χ0n) is 11.1. The van der Waals surface area contributed by atoms with E-state index in [2.05, 4.69) is 20.6 Å². The Hall–Kier alpha value is -1.73. The van der Waals surface area contributed by atoms with E-state index < -0.39 is 0 Å². The predicted molar refractivity (Wildman–Crippen MR) is 67.5 cm³/mol. The van der Waals surface area contributed by atoms with Crippen molar-refractivity contribution in [2.75, 3.05) is 19.8 Å². The lowest BCUT2D eigenvalue weighted by molar-refractivity contribution is 0.0734. The van der Waals surface area contributed by atoms with Crippen molar-refractivity contribution in [3.63, 3.8) is 0 Å². The van der Waals surface area contributed by atoms with Gasteiger partial charge >= 0.3 is 0 Å². The number of hydrogen-bond donors (Lipinski definition) is 1. The van der Waals surface area contributed by atoms with Crippen LogP contribution in [0.2, 0.25) is 0 Å². The number of nitrogens with one attached hydrogen (secondary N) is 1. The molecule has 1 N–H and O–H groups in total. The van der Waals surface area contributed by atoms with Gasteiger partial charge in [-0.3, -0.25) is 4.68 Å². The first-order valence-corrected chi connectivity index (χ1v) is 6.47. The maximum atomic E-state index is 5.40. The van der Waals surface area contributed by atoms with Crippen molar-refractivity contribution in [1.82, 2.24) is 25.2 Å². The van der Waals surface area contributed by atoms with Gasteiger partial charge in [-0.2, -0.15) is 10.1 Å². The third kappa shape index (κ3) is 2.39. The minimum atomic E-state index is 0.00495. The van der Waals surface area contributed by atoms with E-state index in [1.165, 1.54) is 0 Å². The van der Waals surface area contributed by atoms with Gasteiger partial charge in [-0.15, -0.1) is 0 Å². The highest BCUT2D eigenvalue weighted by Gasteiger charge is 2.22. The second-order valence-electron chi connectivity index (χ2n) is 4.53. The highest BCUT2D eigenvalue weighted by molar-refractivity contribution is 5.47. The lowest BCUT2D eigenvalue weighted by Gasteiger charge is -2.20. The number of ether oxygens (including phenoxy) is 1. The first-order valence-electron chi connectivity index (χ1n) is 6.47. The van der Waals surface area contributed by atoms with Crippen molar-refractivity contribution in [3.05, 3.63) is 17.6 Å². The summed E-state index contributed by atoms with van der Waals surface area (Å²) in [6, 6.07) is 1.95. The molecule has 3 heterocycles. The molecule has 19 heavy (non-hydrogen) atoms. The third-order valence-corrected chi connectivity index (χ3v) is 3.10. The number of aromatic nitrogens is 4. The van der Waals surface area contributed by atoms with Crippen molar-refractivity contribution >= 4 is 0 Å². The molecule has 1 aliphatic rings. The van der Waals surface area contributed by atoms with Gasteiger partial charge in [-0.05, 0) is 19.9 Å². The molecule has 0 bridgehead atoms. The summed E-state index contributed by atoms with van der Waals surface area (Å²) in [6.45, 7) is 6.85. The van der Waals surface area contributed by atoms with Crippen molar-refractivity contribution in [2.45, 2.75) is 26.4 Å². The Bertz CT molecular complexity index is 556. The molecule has 102 valence electrons. The second-order valence-corrected chi connectivity index (χ2v) is 4.53. The van der Waals surface area contributed by atoms with Crippen molar-refractivity contribution < 1.29 is 9.26 Å². The highest BCUT2D eigenvalue weighted by atomic mass is 16.5. The molecule has 0 aliphatic carbocycles. The minimum absolute atomic E-state index is 0.00495. The fraction of sp³-hybridized carbons (Fsp3) is 0.583. The molecule has 3 rings (SSSR count). The van der Waals surface area contributed by atoms with E-state index in [1.807, 2.05) is 24.6 Å². The van der Waals surface area contributed by atoms with Gasteiger partial charge in [-0.1, -0.05) is 5.16 Å². The number of rotatable bonds is 3. The van der Waals surface area contributed by atoms with E-state index in [1.54, 1.807) is 0 Å². The first kappa shape index (κ1) is 12.3. The van der Waals surface area contributed by atoms with E-state index >= 15 is 0 Å². The molecule has 1 atom stereocenters. The van der Waals surface area contributed by atoms with Crippen LogP contribution >= 0.6 is 0 Å². The minimum Gasteiger partial charge on any atom is -0.378 e. The smallest absolute Gasteiger partial charge is 0.276 e. The molecule has 2 aromatic rings. The topological polar surface area (TPSA) is 78.0 Å². The van der Waals surface area contributed by atoms with E-state index in [4.69, 9.17) is 9.26 Å². The van der Waals surface area contributed by atoms with Gasteiger partial charge in [-0.25, -0.2) is 0 Å². The summed E-state index contributed by atoms with van der Waals surface area (Å²) in [5.74, 6) is 1.14. The van der Waals surface area contributed by atoms with Crippen LogP contribution in [-0.2, 0) is 11.3 Å². The Morgan fingerprint density at radius 3 is 3.16 bits per heavy atom. The summed E-state index contributed by atoms with van der Waals surface area (Å²) in [5.41, 5.74) is 1.80. The average Bonchev–Trinajstić information content (AvgIpc) is 3.05. The molecular formula is C12H17N5O2. The number of nitrogens with zero attached hydrogens (tertiary/aromatic N) is 4. The summed E-state index contributed by atoms with van der Waals surface area (Å²) in [6.07, 6.45) is 0. The van der Waals surface area contributed by atoms with E-state index in [0.717, 1.165) is 31.1 Å². The van der Waals surface area contributed by atoms with Gasteiger partial charge in [0.2, 0.25) is 0 Å². The maximum Gasteiger partial charge on any atom is 0.276 e. The Labute approximate surface area is 110 Å².